The average Bonchev–Trinajstić information content (AvgIpc) is 2.66. The van der Waals surface area contributed by atoms with Crippen LogP contribution in [0.2, 0.25) is 0 Å². The molecule has 0 aromatic carbocycles. The number of rotatable bonds is 6. The van der Waals surface area contributed by atoms with E-state index < -0.39 is 0 Å². The summed E-state index contributed by atoms with van der Waals surface area (Å²) in [6, 6.07) is 1.99. The number of methoxy groups -OCH3 is 1. The first kappa shape index (κ1) is 11.4. The van der Waals surface area contributed by atoms with Gasteiger partial charge in [0.25, 0.3) is 0 Å². The second-order valence-corrected chi connectivity index (χ2v) is 4.07. The highest BCUT2D eigenvalue weighted by atomic mass is 32.1. The van der Waals surface area contributed by atoms with Gasteiger partial charge >= 0.3 is 0 Å². The average molecular weight is 212 g/mol. The summed E-state index contributed by atoms with van der Waals surface area (Å²) in [5, 5.41) is 4.00. The van der Waals surface area contributed by atoms with Crippen LogP contribution in [0.4, 0.5) is 0 Å². The molecular weight excluding hydrogens is 196 g/mol. The second kappa shape index (κ2) is 5.94. The van der Waals surface area contributed by atoms with Crippen molar-refractivity contribution in [1.29, 1.82) is 0 Å². The van der Waals surface area contributed by atoms with E-state index in [-0.39, 0.29) is 11.9 Å². The fourth-order valence-corrected chi connectivity index (χ4v) is 2.05. The maximum Gasteiger partial charge on any atom is 0.165 e. The summed E-state index contributed by atoms with van der Waals surface area (Å²) >= 11 is 1.62. The molecule has 0 amide bonds. The van der Waals surface area contributed by atoms with Crippen LogP contribution in [0.5, 0.6) is 0 Å². The Labute approximate surface area is 88.9 Å². The van der Waals surface area contributed by atoms with Crippen molar-refractivity contribution >= 4 is 17.1 Å². The summed E-state index contributed by atoms with van der Waals surface area (Å²) in [6.07, 6.45) is 2.08. The van der Waals surface area contributed by atoms with E-state index in [0.717, 1.165) is 18.4 Å². The standard InChI is InChI=1S/C11H16O2S/c1-3-4-11(13-2)10(12)7-9-5-6-14-8-9/h5-6,8,11H,3-4,7H2,1-2H3. The van der Waals surface area contributed by atoms with Crippen molar-refractivity contribution < 1.29 is 9.53 Å². The zero-order chi connectivity index (χ0) is 10.4. The van der Waals surface area contributed by atoms with Crippen LogP contribution in [-0.2, 0) is 16.0 Å². The van der Waals surface area contributed by atoms with Crippen molar-refractivity contribution in [2.45, 2.75) is 32.3 Å². The van der Waals surface area contributed by atoms with Crippen molar-refractivity contribution in [2.75, 3.05) is 7.11 Å². The van der Waals surface area contributed by atoms with Gasteiger partial charge in [-0.3, -0.25) is 4.79 Å². The maximum absolute atomic E-state index is 11.7. The van der Waals surface area contributed by atoms with Gasteiger partial charge < -0.3 is 4.74 Å². The van der Waals surface area contributed by atoms with Gasteiger partial charge in [-0.05, 0) is 28.8 Å². The van der Waals surface area contributed by atoms with Crippen LogP contribution >= 0.6 is 11.3 Å². The van der Waals surface area contributed by atoms with E-state index in [1.807, 2.05) is 16.8 Å². The summed E-state index contributed by atoms with van der Waals surface area (Å²) in [7, 11) is 1.60. The molecule has 2 nitrogen and oxygen atoms in total. The number of thiophene rings is 1. The molecule has 0 radical (unpaired) electrons. The van der Waals surface area contributed by atoms with Crippen molar-refractivity contribution in [3.05, 3.63) is 22.4 Å². The highest BCUT2D eigenvalue weighted by molar-refractivity contribution is 7.07. The third-order valence-corrected chi connectivity index (χ3v) is 2.89. The zero-order valence-corrected chi connectivity index (χ0v) is 9.47. The molecule has 0 saturated carbocycles. The van der Waals surface area contributed by atoms with Crippen LogP contribution in [0.25, 0.3) is 0 Å². The Balaban J connectivity index is 2.47. The van der Waals surface area contributed by atoms with E-state index in [4.69, 9.17) is 4.74 Å². The minimum atomic E-state index is -0.222. The van der Waals surface area contributed by atoms with Crippen LogP contribution in [-0.4, -0.2) is 19.0 Å². The number of hydrogen-bond donors (Lipinski definition) is 0. The smallest absolute Gasteiger partial charge is 0.165 e. The highest BCUT2D eigenvalue weighted by Gasteiger charge is 2.16. The summed E-state index contributed by atoms with van der Waals surface area (Å²) in [6.45, 7) is 2.06. The molecule has 78 valence electrons. The maximum atomic E-state index is 11.7. The first-order valence-corrected chi connectivity index (χ1v) is 5.78. The summed E-state index contributed by atoms with van der Waals surface area (Å²) < 4.78 is 5.16. The Kier molecular flexibility index (Phi) is 4.84. The largest absolute Gasteiger partial charge is 0.374 e. The first-order valence-electron chi connectivity index (χ1n) is 4.84. The summed E-state index contributed by atoms with van der Waals surface area (Å²) in [4.78, 5) is 11.7. The van der Waals surface area contributed by atoms with E-state index in [0.29, 0.717) is 6.42 Å². The Hall–Kier alpha value is -0.670. The van der Waals surface area contributed by atoms with Gasteiger partial charge in [0.05, 0.1) is 0 Å². The molecule has 0 bridgehead atoms. The summed E-state index contributed by atoms with van der Waals surface area (Å²) in [5.41, 5.74) is 1.10. The van der Waals surface area contributed by atoms with Gasteiger partial charge in [0.1, 0.15) is 6.10 Å². The van der Waals surface area contributed by atoms with Crippen molar-refractivity contribution in [3.8, 4) is 0 Å². The highest BCUT2D eigenvalue weighted by Crippen LogP contribution is 2.11. The Morgan fingerprint density at radius 2 is 2.43 bits per heavy atom. The number of carbonyl (C=O) groups is 1. The van der Waals surface area contributed by atoms with Crippen LogP contribution in [0, 0.1) is 0 Å². The third kappa shape index (κ3) is 3.24. The molecule has 0 N–H and O–H groups in total. The fourth-order valence-electron chi connectivity index (χ4n) is 1.38. The van der Waals surface area contributed by atoms with Crippen molar-refractivity contribution in [2.24, 2.45) is 0 Å². The van der Waals surface area contributed by atoms with Gasteiger partial charge in [-0.2, -0.15) is 11.3 Å². The molecule has 3 heteroatoms. The molecular formula is C11H16O2S. The topological polar surface area (TPSA) is 26.3 Å². The molecule has 1 aromatic heterocycles. The molecule has 0 fully saturated rings. The van der Waals surface area contributed by atoms with Crippen LogP contribution < -0.4 is 0 Å². The van der Waals surface area contributed by atoms with Gasteiger partial charge in [-0.15, -0.1) is 0 Å². The SMILES string of the molecule is CCCC(OC)C(=O)Cc1ccsc1. The molecule has 14 heavy (non-hydrogen) atoms. The lowest BCUT2D eigenvalue weighted by Gasteiger charge is -2.12. The van der Waals surface area contributed by atoms with E-state index in [1.54, 1.807) is 18.4 Å². The molecule has 0 spiro atoms. The van der Waals surface area contributed by atoms with Crippen molar-refractivity contribution in [1.82, 2.24) is 0 Å². The van der Waals surface area contributed by atoms with Gasteiger partial charge in [-0.25, -0.2) is 0 Å². The van der Waals surface area contributed by atoms with Crippen LogP contribution in [0.15, 0.2) is 16.8 Å². The quantitative estimate of drug-likeness (QED) is 0.724. The molecule has 1 atom stereocenters. The van der Waals surface area contributed by atoms with E-state index in [1.165, 1.54) is 0 Å². The Morgan fingerprint density at radius 3 is 2.93 bits per heavy atom. The molecule has 1 aromatic rings. The second-order valence-electron chi connectivity index (χ2n) is 3.29. The third-order valence-electron chi connectivity index (χ3n) is 2.15. The van der Waals surface area contributed by atoms with Gasteiger partial charge in [0, 0.05) is 13.5 Å². The van der Waals surface area contributed by atoms with Gasteiger partial charge in [0.15, 0.2) is 5.78 Å². The molecule has 0 aliphatic rings. The van der Waals surface area contributed by atoms with Crippen molar-refractivity contribution in [3.63, 3.8) is 0 Å². The predicted molar refractivity (Wildman–Crippen MR) is 58.7 cm³/mol. The lowest BCUT2D eigenvalue weighted by atomic mass is 10.0. The fraction of sp³-hybridized carbons (Fsp3) is 0.545. The zero-order valence-electron chi connectivity index (χ0n) is 8.66. The minimum Gasteiger partial charge on any atom is -0.374 e. The number of Topliss-reactive ketones (excluding diaryl/α,β-unsaturated/α-hetero) is 1. The number of carbonyl (C=O) groups excluding carboxylic acids is 1. The monoisotopic (exact) mass is 212 g/mol. The molecule has 0 aliphatic carbocycles. The minimum absolute atomic E-state index is 0.188. The Bertz CT molecular complexity index is 267. The summed E-state index contributed by atoms with van der Waals surface area (Å²) in [5.74, 6) is 0.188. The number of ketones is 1. The molecule has 0 aliphatic heterocycles. The van der Waals surface area contributed by atoms with Crippen LogP contribution in [0.3, 0.4) is 0 Å². The lowest BCUT2D eigenvalue weighted by molar-refractivity contribution is -0.128. The number of hydrogen-bond acceptors (Lipinski definition) is 3. The predicted octanol–water partition coefficient (Wildman–Crippen LogP) is 2.67. The van der Waals surface area contributed by atoms with Gasteiger partial charge in [-0.1, -0.05) is 13.3 Å². The molecule has 0 saturated heterocycles. The normalized spacial score (nSPS) is 12.7. The number of ether oxygens (including phenoxy) is 1. The molecule has 1 unspecified atom stereocenters. The van der Waals surface area contributed by atoms with Crippen LogP contribution in [0.1, 0.15) is 25.3 Å². The first-order chi connectivity index (χ1) is 6.77. The molecule has 1 rings (SSSR count). The van der Waals surface area contributed by atoms with E-state index in [2.05, 4.69) is 6.92 Å². The Morgan fingerprint density at radius 1 is 1.64 bits per heavy atom. The lowest BCUT2D eigenvalue weighted by Crippen LogP contribution is -2.24. The molecule has 1 heterocycles. The van der Waals surface area contributed by atoms with E-state index >= 15 is 0 Å². The van der Waals surface area contributed by atoms with Gasteiger partial charge in [0.2, 0.25) is 0 Å². The van der Waals surface area contributed by atoms with E-state index in [9.17, 15) is 4.79 Å².